The molecule has 98 valence electrons. The van der Waals surface area contributed by atoms with Gasteiger partial charge in [-0.1, -0.05) is 0 Å². The molecule has 0 atom stereocenters. The molecule has 1 aliphatic rings. The Kier molecular flexibility index (Phi) is 4.64. The molecule has 0 aliphatic heterocycles. The van der Waals surface area contributed by atoms with Crippen LogP contribution < -0.4 is 15.4 Å². The molecule has 0 aromatic heterocycles. The molecular weight excluding hydrogens is 364 g/mol. The molecular formula is C12H14Br2N2O2. The number of carbonyl (C=O) groups excluding carboxylic acids is 1. The van der Waals surface area contributed by atoms with Crippen LogP contribution in [0.2, 0.25) is 0 Å². The van der Waals surface area contributed by atoms with Crippen molar-refractivity contribution in [3.05, 3.63) is 21.1 Å². The summed E-state index contributed by atoms with van der Waals surface area (Å²) in [4.78, 5) is 11.7. The minimum absolute atomic E-state index is 0.0491. The van der Waals surface area contributed by atoms with Gasteiger partial charge < -0.3 is 15.4 Å². The zero-order chi connectivity index (χ0) is 13.1. The average molecular weight is 378 g/mol. The van der Waals surface area contributed by atoms with E-state index in [1.54, 1.807) is 13.2 Å². The molecule has 0 unspecified atom stereocenters. The molecule has 2 rings (SSSR count). The normalized spacial score (nSPS) is 14.4. The predicted octanol–water partition coefficient (Wildman–Crippen LogP) is 2.91. The molecule has 0 saturated heterocycles. The van der Waals surface area contributed by atoms with Crippen molar-refractivity contribution < 1.29 is 9.53 Å². The molecule has 6 heteroatoms. The van der Waals surface area contributed by atoms with Crippen LogP contribution in [0.5, 0.6) is 5.75 Å². The maximum Gasteiger partial charge on any atom is 0.238 e. The van der Waals surface area contributed by atoms with E-state index >= 15 is 0 Å². The number of benzene rings is 1. The number of ether oxygens (including phenoxy) is 1. The number of amides is 1. The first-order valence-corrected chi connectivity index (χ1v) is 7.25. The van der Waals surface area contributed by atoms with Gasteiger partial charge in [0.25, 0.3) is 0 Å². The SMILES string of the molecule is COc1cc(NC(=O)CNC2CC2)c(Br)cc1Br. The molecule has 1 fully saturated rings. The van der Waals surface area contributed by atoms with Crippen molar-refractivity contribution in [3.63, 3.8) is 0 Å². The van der Waals surface area contributed by atoms with Gasteiger partial charge in [0, 0.05) is 16.6 Å². The van der Waals surface area contributed by atoms with Crippen molar-refractivity contribution in [2.75, 3.05) is 19.0 Å². The zero-order valence-corrected chi connectivity index (χ0v) is 13.1. The monoisotopic (exact) mass is 376 g/mol. The molecule has 1 aromatic carbocycles. The van der Waals surface area contributed by atoms with E-state index < -0.39 is 0 Å². The summed E-state index contributed by atoms with van der Waals surface area (Å²) in [5.41, 5.74) is 0.706. The van der Waals surface area contributed by atoms with Gasteiger partial charge in [-0.25, -0.2) is 0 Å². The summed E-state index contributed by atoms with van der Waals surface area (Å²) in [6.07, 6.45) is 2.34. The fourth-order valence-corrected chi connectivity index (χ4v) is 2.76. The van der Waals surface area contributed by atoms with Gasteiger partial charge in [0.05, 0.1) is 23.8 Å². The first-order chi connectivity index (χ1) is 8.60. The van der Waals surface area contributed by atoms with E-state index in [4.69, 9.17) is 4.74 Å². The molecule has 0 radical (unpaired) electrons. The van der Waals surface area contributed by atoms with Crippen molar-refractivity contribution in [1.82, 2.24) is 5.32 Å². The molecule has 4 nitrogen and oxygen atoms in total. The maximum atomic E-state index is 11.7. The van der Waals surface area contributed by atoms with E-state index in [2.05, 4.69) is 42.5 Å². The summed E-state index contributed by atoms with van der Waals surface area (Å²) in [5, 5.41) is 6.01. The Labute approximate surface area is 123 Å². The quantitative estimate of drug-likeness (QED) is 0.829. The Hall–Kier alpha value is -0.590. The molecule has 1 saturated carbocycles. The van der Waals surface area contributed by atoms with Crippen LogP contribution in [-0.2, 0) is 4.79 Å². The highest BCUT2D eigenvalue weighted by atomic mass is 79.9. The summed E-state index contributed by atoms with van der Waals surface area (Å²) in [6.45, 7) is 0.343. The van der Waals surface area contributed by atoms with Gasteiger partial charge in [-0.15, -0.1) is 0 Å². The lowest BCUT2D eigenvalue weighted by Crippen LogP contribution is -2.29. The third kappa shape index (κ3) is 3.70. The number of nitrogens with one attached hydrogen (secondary N) is 2. The molecule has 0 bridgehead atoms. The van der Waals surface area contributed by atoms with Crippen molar-refractivity contribution in [3.8, 4) is 5.75 Å². The second-order valence-corrected chi connectivity index (χ2v) is 5.88. The van der Waals surface area contributed by atoms with Crippen LogP contribution in [0.25, 0.3) is 0 Å². The van der Waals surface area contributed by atoms with E-state index in [-0.39, 0.29) is 5.91 Å². The molecule has 2 N–H and O–H groups in total. The molecule has 0 heterocycles. The van der Waals surface area contributed by atoms with Gasteiger partial charge in [0.15, 0.2) is 0 Å². The highest BCUT2D eigenvalue weighted by Crippen LogP contribution is 2.34. The number of hydrogen-bond acceptors (Lipinski definition) is 3. The van der Waals surface area contributed by atoms with Gasteiger partial charge in [0.1, 0.15) is 5.75 Å². The molecule has 1 aliphatic carbocycles. The van der Waals surface area contributed by atoms with Crippen LogP contribution in [0.3, 0.4) is 0 Å². The number of rotatable bonds is 5. The Bertz CT molecular complexity index is 462. The average Bonchev–Trinajstić information content (AvgIpc) is 3.14. The lowest BCUT2D eigenvalue weighted by molar-refractivity contribution is -0.115. The van der Waals surface area contributed by atoms with Crippen molar-refractivity contribution in [2.24, 2.45) is 0 Å². The molecule has 1 aromatic rings. The Morgan fingerprint density at radius 3 is 2.72 bits per heavy atom. The lowest BCUT2D eigenvalue weighted by atomic mass is 10.3. The maximum absolute atomic E-state index is 11.7. The minimum atomic E-state index is -0.0491. The number of carbonyl (C=O) groups is 1. The molecule has 1 amide bonds. The summed E-state index contributed by atoms with van der Waals surface area (Å²) in [6, 6.07) is 4.16. The second-order valence-electron chi connectivity index (χ2n) is 4.17. The van der Waals surface area contributed by atoms with Crippen LogP contribution in [-0.4, -0.2) is 25.6 Å². The van der Waals surface area contributed by atoms with Crippen molar-refractivity contribution >= 4 is 43.5 Å². The third-order valence-corrected chi connectivity index (χ3v) is 3.92. The van der Waals surface area contributed by atoms with Crippen LogP contribution in [0, 0.1) is 0 Å². The fraction of sp³-hybridized carbons (Fsp3) is 0.417. The van der Waals surface area contributed by atoms with E-state index in [0.717, 1.165) is 8.95 Å². The highest BCUT2D eigenvalue weighted by Gasteiger charge is 2.21. The predicted molar refractivity (Wildman–Crippen MR) is 78.0 cm³/mol. The van der Waals surface area contributed by atoms with Crippen LogP contribution >= 0.6 is 31.9 Å². The number of halogens is 2. The van der Waals surface area contributed by atoms with Crippen molar-refractivity contribution in [1.29, 1.82) is 0 Å². The van der Waals surface area contributed by atoms with E-state index in [1.807, 2.05) is 6.07 Å². The minimum Gasteiger partial charge on any atom is -0.495 e. The van der Waals surface area contributed by atoms with Gasteiger partial charge in [-0.2, -0.15) is 0 Å². The van der Waals surface area contributed by atoms with Gasteiger partial charge in [-0.3, -0.25) is 4.79 Å². The van der Waals surface area contributed by atoms with Crippen LogP contribution in [0.4, 0.5) is 5.69 Å². The van der Waals surface area contributed by atoms with Crippen molar-refractivity contribution in [2.45, 2.75) is 18.9 Å². The summed E-state index contributed by atoms with van der Waals surface area (Å²) < 4.78 is 6.85. The molecule has 0 spiro atoms. The summed E-state index contributed by atoms with van der Waals surface area (Å²) in [5.74, 6) is 0.635. The highest BCUT2D eigenvalue weighted by molar-refractivity contribution is 9.11. The van der Waals surface area contributed by atoms with Gasteiger partial charge in [0.2, 0.25) is 5.91 Å². The summed E-state index contributed by atoms with van der Waals surface area (Å²) >= 11 is 6.80. The standard InChI is InChI=1S/C12H14Br2N2O2/c1-18-11-5-10(8(13)4-9(11)14)16-12(17)6-15-7-2-3-7/h4-5,7,15H,2-3,6H2,1H3,(H,16,17). The topological polar surface area (TPSA) is 50.4 Å². The third-order valence-electron chi connectivity index (χ3n) is 2.64. The van der Waals surface area contributed by atoms with E-state index in [1.165, 1.54) is 12.8 Å². The number of anilines is 1. The Balaban J connectivity index is 2.00. The zero-order valence-electron chi connectivity index (χ0n) is 9.93. The lowest BCUT2D eigenvalue weighted by Gasteiger charge is -2.11. The second kappa shape index (κ2) is 6.04. The van der Waals surface area contributed by atoms with Gasteiger partial charge >= 0.3 is 0 Å². The van der Waals surface area contributed by atoms with E-state index in [0.29, 0.717) is 24.0 Å². The van der Waals surface area contributed by atoms with Crippen LogP contribution in [0.15, 0.2) is 21.1 Å². The number of hydrogen-bond donors (Lipinski definition) is 2. The Morgan fingerprint density at radius 2 is 2.11 bits per heavy atom. The first kappa shape index (κ1) is 13.8. The Morgan fingerprint density at radius 1 is 1.39 bits per heavy atom. The number of methoxy groups -OCH3 is 1. The smallest absolute Gasteiger partial charge is 0.238 e. The summed E-state index contributed by atoms with van der Waals surface area (Å²) in [7, 11) is 1.59. The first-order valence-electron chi connectivity index (χ1n) is 5.66. The van der Waals surface area contributed by atoms with Gasteiger partial charge in [-0.05, 0) is 50.8 Å². The van der Waals surface area contributed by atoms with Crippen LogP contribution in [0.1, 0.15) is 12.8 Å². The fourth-order valence-electron chi connectivity index (χ4n) is 1.50. The molecule has 18 heavy (non-hydrogen) atoms. The largest absolute Gasteiger partial charge is 0.495 e. The van der Waals surface area contributed by atoms with E-state index in [9.17, 15) is 4.79 Å².